The maximum absolute atomic E-state index is 7.18. The van der Waals surface area contributed by atoms with Crippen LogP contribution in [0.5, 0.6) is 0 Å². The second kappa shape index (κ2) is 20.3. The molecule has 0 fully saturated rings. The molecule has 12 aromatic carbocycles. The Morgan fingerprint density at radius 2 is 0.884 bits per heavy atom. The fraction of sp³-hybridized carbons (Fsp3) is 0.0952. The molecule has 95 heavy (non-hydrogen) atoms. The molecule has 0 spiro atoms. The summed E-state index contributed by atoms with van der Waals surface area (Å²) in [7, 11) is 0. The highest BCUT2D eigenvalue weighted by Crippen LogP contribution is 2.50. The molecule has 11 heteroatoms. The highest BCUT2D eigenvalue weighted by Gasteiger charge is 2.44. The van der Waals surface area contributed by atoms with E-state index in [2.05, 4.69) is 249 Å². The predicted molar refractivity (Wildman–Crippen MR) is 397 cm³/mol. The Morgan fingerprint density at radius 3 is 1.58 bits per heavy atom. The molecule has 8 nitrogen and oxygen atoms in total. The SMILES string of the molecule is CC(C)(C)c1ccc2c(c1)N(c1cccc3oc4ccccc4c13)c1cc(Cl)cc3c1B2c1cccc2c4c5ccccc5oc4n-3c12.CC(C)(C)c1cccc(N(c2cc(Cl)cc(-n3c4ccccc4c4c5ccccc5oc43)c2)c2cccc3oc4ccccc4c23)c1. The summed E-state index contributed by atoms with van der Waals surface area (Å²) in [6, 6.07) is 87.3. The van der Waals surface area contributed by atoms with Crippen molar-refractivity contribution in [3.63, 3.8) is 0 Å². The molecule has 2 aliphatic heterocycles. The summed E-state index contributed by atoms with van der Waals surface area (Å²) in [4.78, 5) is 4.73. The van der Waals surface area contributed by atoms with Crippen LogP contribution in [-0.4, -0.2) is 15.8 Å². The van der Waals surface area contributed by atoms with E-state index in [1.54, 1.807) is 0 Å². The highest BCUT2D eigenvalue weighted by atomic mass is 35.5. The van der Waals surface area contributed by atoms with Crippen molar-refractivity contribution in [1.29, 1.82) is 0 Å². The molecule has 8 heterocycles. The number of hydrogen-bond acceptors (Lipinski definition) is 6. The fourth-order valence-electron chi connectivity index (χ4n) is 15.5. The van der Waals surface area contributed by atoms with Crippen molar-refractivity contribution in [1.82, 2.24) is 9.13 Å². The van der Waals surface area contributed by atoms with Gasteiger partial charge >= 0.3 is 0 Å². The monoisotopic (exact) mass is 1270 g/mol. The van der Waals surface area contributed by atoms with Gasteiger partial charge in [0.15, 0.2) is 0 Å². The van der Waals surface area contributed by atoms with Gasteiger partial charge < -0.3 is 27.5 Å². The minimum Gasteiger partial charge on any atom is -0.456 e. The lowest BCUT2D eigenvalue weighted by molar-refractivity contribution is 0.590. The first-order valence-corrected chi connectivity index (χ1v) is 33.1. The van der Waals surface area contributed by atoms with Crippen molar-refractivity contribution < 1.29 is 17.7 Å². The first-order chi connectivity index (χ1) is 46.2. The van der Waals surface area contributed by atoms with Crippen molar-refractivity contribution >= 4 is 190 Å². The first-order valence-electron chi connectivity index (χ1n) is 32.4. The molecular weight excluding hydrogens is 1210 g/mol. The van der Waals surface area contributed by atoms with Crippen LogP contribution < -0.4 is 26.2 Å². The average molecular weight is 1270 g/mol. The first kappa shape index (κ1) is 55.8. The molecule has 6 aromatic heterocycles. The quantitative estimate of drug-likeness (QED) is 0.160. The lowest BCUT2D eigenvalue weighted by atomic mass is 9.33. The molecule has 0 aliphatic carbocycles. The van der Waals surface area contributed by atoms with E-state index in [0.717, 1.165) is 144 Å². The van der Waals surface area contributed by atoms with Gasteiger partial charge in [-0.1, -0.05) is 210 Å². The summed E-state index contributed by atoms with van der Waals surface area (Å²) in [6.45, 7) is 13.6. The van der Waals surface area contributed by atoms with Crippen LogP contribution in [0, 0.1) is 0 Å². The van der Waals surface area contributed by atoms with E-state index in [-0.39, 0.29) is 17.5 Å². The molecule has 0 unspecified atom stereocenters. The molecule has 0 amide bonds. The van der Waals surface area contributed by atoms with E-state index in [1.165, 1.54) is 38.4 Å². The van der Waals surface area contributed by atoms with Gasteiger partial charge in [0.2, 0.25) is 11.4 Å². The van der Waals surface area contributed by atoms with Crippen molar-refractivity contribution in [2.24, 2.45) is 0 Å². The van der Waals surface area contributed by atoms with Crippen molar-refractivity contribution in [2.75, 3.05) is 9.80 Å². The number of furan rings is 4. The number of anilines is 6. The van der Waals surface area contributed by atoms with Gasteiger partial charge in [-0.25, -0.2) is 0 Å². The maximum Gasteiger partial charge on any atom is 0.252 e. The average Bonchev–Trinajstić information content (AvgIpc) is 1.61. The number of para-hydroxylation sites is 6. The number of fused-ring (bicyclic) bond motifs is 20. The zero-order chi connectivity index (χ0) is 63.9. The van der Waals surface area contributed by atoms with E-state index >= 15 is 0 Å². The molecule has 0 atom stereocenters. The molecule has 456 valence electrons. The van der Waals surface area contributed by atoms with Crippen LogP contribution in [0.3, 0.4) is 0 Å². The van der Waals surface area contributed by atoms with Crippen LogP contribution in [0.15, 0.2) is 266 Å². The number of nitrogens with zero attached hydrogens (tertiary/aromatic N) is 4. The summed E-state index contributed by atoms with van der Waals surface area (Å²) < 4.78 is 30.6. The molecular formula is C84H59BCl2N4O4. The molecule has 0 saturated carbocycles. The Hall–Kier alpha value is -10.8. The van der Waals surface area contributed by atoms with Gasteiger partial charge in [-0.05, 0) is 141 Å². The van der Waals surface area contributed by atoms with Crippen LogP contribution in [0.1, 0.15) is 52.7 Å². The summed E-state index contributed by atoms with van der Waals surface area (Å²) in [5, 5.41) is 12.4. The molecule has 2 aliphatic rings. The highest BCUT2D eigenvalue weighted by molar-refractivity contribution is 7.00. The summed E-state index contributed by atoms with van der Waals surface area (Å²) in [6.07, 6.45) is 0. The molecule has 0 saturated heterocycles. The van der Waals surface area contributed by atoms with Gasteiger partial charge in [0.1, 0.15) is 33.5 Å². The van der Waals surface area contributed by atoms with Gasteiger partial charge in [0.25, 0.3) is 6.71 Å². The zero-order valence-electron chi connectivity index (χ0n) is 52.9. The Morgan fingerprint density at radius 1 is 0.358 bits per heavy atom. The van der Waals surface area contributed by atoms with Gasteiger partial charge in [-0.2, -0.15) is 0 Å². The topological polar surface area (TPSA) is 68.9 Å². The fourth-order valence-corrected chi connectivity index (χ4v) is 16.0. The van der Waals surface area contributed by atoms with E-state index in [9.17, 15) is 0 Å². The largest absolute Gasteiger partial charge is 0.456 e. The molecule has 0 radical (unpaired) electrons. The van der Waals surface area contributed by atoms with Gasteiger partial charge in [-0.15, -0.1) is 0 Å². The molecule has 0 N–H and O–H groups in total. The van der Waals surface area contributed by atoms with Crippen molar-refractivity contribution in [3.05, 3.63) is 270 Å². The lowest BCUT2D eigenvalue weighted by Gasteiger charge is -2.41. The number of aromatic nitrogens is 2. The summed E-state index contributed by atoms with van der Waals surface area (Å²) in [5.41, 5.74) is 23.5. The molecule has 18 aromatic rings. The van der Waals surface area contributed by atoms with Crippen LogP contribution in [0.2, 0.25) is 10.0 Å². The lowest BCUT2D eigenvalue weighted by Crippen LogP contribution is -2.60. The van der Waals surface area contributed by atoms with Crippen molar-refractivity contribution in [2.45, 2.75) is 52.4 Å². The zero-order valence-corrected chi connectivity index (χ0v) is 54.4. The number of benzene rings is 12. The Labute approximate surface area is 557 Å². The third-order valence-corrected chi connectivity index (χ3v) is 20.2. The van der Waals surface area contributed by atoms with E-state index in [4.69, 9.17) is 40.9 Å². The van der Waals surface area contributed by atoms with Gasteiger partial charge in [-0.3, -0.25) is 9.13 Å². The van der Waals surface area contributed by atoms with Gasteiger partial charge in [0, 0.05) is 70.8 Å². The van der Waals surface area contributed by atoms with Crippen LogP contribution in [0.25, 0.3) is 121 Å². The normalized spacial score (nSPS) is 13.0. The van der Waals surface area contributed by atoms with E-state index in [1.807, 2.05) is 60.7 Å². The Balaban J connectivity index is 0.000000134. The molecule has 20 rings (SSSR count). The summed E-state index contributed by atoms with van der Waals surface area (Å²) in [5.74, 6) is 0. The Kier molecular flexibility index (Phi) is 11.9. The minimum absolute atomic E-state index is 0.00861. The second-order valence-electron chi connectivity index (χ2n) is 27.4. The second-order valence-corrected chi connectivity index (χ2v) is 28.3. The third kappa shape index (κ3) is 8.28. The van der Waals surface area contributed by atoms with E-state index in [0.29, 0.717) is 10.0 Å². The maximum atomic E-state index is 7.18. The van der Waals surface area contributed by atoms with E-state index < -0.39 is 0 Å². The van der Waals surface area contributed by atoms with Crippen LogP contribution >= 0.6 is 23.2 Å². The standard InChI is InChI=1S/C42H28BClN2O2.C42H31ClN2O2/c1-42(2,3)23-18-19-28-31(20-23)45(30-14-9-17-36-38(30)26-11-5-6-15-34(26)47-36)32-21-24(44)22-33-39(32)43(28)29-13-8-12-27-37-25-10-4-7-16-35(25)48-41(37)46(33)40(27)29;1-42(2,3)26-12-10-13-28(22-26)44(35-18-11-21-38-40(35)33-16-6-8-19-36(33)46-38)29-23-27(43)24-30(25-29)45-34-17-7-4-14-31(34)39-32-15-5-9-20-37(32)47-41(39)45/h4-22H,1-3H3;4-25H,1-3H3. The third-order valence-electron chi connectivity index (χ3n) is 19.8. The predicted octanol–water partition coefficient (Wildman–Crippen LogP) is 22.8. The number of halogens is 2. The smallest absolute Gasteiger partial charge is 0.252 e. The van der Waals surface area contributed by atoms with Gasteiger partial charge in [0.05, 0.1) is 49.6 Å². The van der Waals surface area contributed by atoms with Crippen molar-refractivity contribution in [3.8, 4) is 11.4 Å². The number of hydrogen-bond donors (Lipinski definition) is 0. The summed E-state index contributed by atoms with van der Waals surface area (Å²) >= 11 is 14.3. The molecule has 0 bridgehead atoms. The number of rotatable bonds is 5. The van der Waals surface area contributed by atoms with Crippen LogP contribution in [-0.2, 0) is 10.8 Å². The minimum atomic E-state index is -0.0401. The van der Waals surface area contributed by atoms with Crippen LogP contribution in [0.4, 0.5) is 34.1 Å². The Bertz CT molecular complexity index is 6280.